The number of aliphatic hydroxyl groups is 1. The molecule has 2 aromatic rings. The highest BCUT2D eigenvalue weighted by molar-refractivity contribution is 7.14. The maximum absolute atomic E-state index is 13.6. The van der Waals surface area contributed by atoms with Gasteiger partial charge in [0.15, 0.2) is 0 Å². The predicted molar refractivity (Wildman–Crippen MR) is 126 cm³/mol. The zero-order chi connectivity index (χ0) is 23.3. The van der Waals surface area contributed by atoms with E-state index in [1.165, 1.54) is 19.1 Å². The van der Waals surface area contributed by atoms with Crippen LogP contribution in [0.4, 0.5) is 8.78 Å². The fraction of sp³-hybridized carbons (Fsp3) is 0.458. The molecule has 4 nitrogen and oxygen atoms in total. The molecule has 3 rings (SSSR count). The lowest BCUT2D eigenvalue weighted by Gasteiger charge is -2.39. The van der Waals surface area contributed by atoms with E-state index < -0.39 is 23.8 Å². The van der Waals surface area contributed by atoms with Crippen LogP contribution >= 0.6 is 22.9 Å². The van der Waals surface area contributed by atoms with Crippen LogP contribution in [0.3, 0.4) is 0 Å². The molecule has 2 unspecified atom stereocenters. The predicted octanol–water partition coefficient (Wildman–Crippen LogP) is 5.09. The molecule has 1 aromatic heterocycles. The second-order valence-electron chi connectivity index (χ2n) is 8.45. The number of hydrogen-bond donors (Lipinski definition) is 3. The van der Waals surface area contributed by atoms with Gasteiger partial charge in [-0.05, 0) is 49.1 Å². The van der Waals surface area contributed by atoms with Gasteiger partial charge in [-0.2, -0.15) is 0 Å². The standard InChI is InChI=1S/C24H29ClF2N2O2S/c1-15(25)22-6-7-23(32-22)24(8-4-3-5-9-24)28-14-21(31)20(29-16(2)30)12-17-10-18(26)13-19(27)11-17/h6-7,10-11,13,20-21,28,31H,1,3-5,8-9,12,14H2,2H3,(H,29,30). The van der Waals surface area contributed by atoms with Gasteiger partial charge in [-0.3, -0.25) is 4.79 Å². The van der Waals surface area contributed by atoms with Gasteiger partial charge in [0.1, 0.15) is 11.6 Å². The maximum atomic E-state index is 13.6. The molecular formula is C24H29ClF2N2O2S. The molecule has 1 aliphatic rings. The Morgan fingerprint density at radius 2 is 1.88 bits per heavy atom. The fourth-order valence-electron chi connectivity index (χ4n) is 4.38. The van der Waals surface area contributed by atoms with E-state index in [2.05, 4.69) is 23.3 Å². The van der Waals surface area contributed by atoms with Crippen LogP contribution in [0.5, 0.6) is 0 Å². The molecule has 0 aliphatic heterocycles. The first-order valence-corrected chi connectivity index (χ1v) is 12.0. The van der Waals surface area contributed by atoms with Crippen LogP contribution in [0, 0.1) is 11.6 Å². The van der Waals surface area contributed by atoms with Gasteiger partial charge >= 0.3 is 0 Å². The topological polar surface area (TPSA) is 61.4 Å². The summed E-state index contributed by atoms with van der Waals surface area (Å²) in [6.45, 7) is 5.38. The molecule has 3 N–H and O–H groups in total. The third kappa shape index (κ3) is 6.38. The lowest BCUT2D eigenvalue weighted by atomic mass is 9.80. The second kappa shape index (κ2) is 10.9. The van der Waals surface area contributed by atoms with Gasteiger partial charge in [0.05, 0.1) is 22.7 Å². The monoisotopic (exact) mass is 482 g/mol. The van der Waals surface area contributed by atoms with Gasteiger partial charge < -0.3 is 15.7 Å². The summed E-state index contributed by atoms with van der Waals surface area (Å²) in [5.41, 5.74) is 0.0800. The Bertz CT molecular complexity index is 939. The van der Waals surface area contributed by atoms with Crippen molar-refractivity contribution in [2.24, 2.45) is 0 Å². The summed E-state index contributed by atoms with van der Waals surface area (Å²) in [6.07, 6.45) is 4.30. The average molecular weight is 483 g/mol. The maximum Gasteiger partial charge on any atom is 0.217 e. The molecule has 32 heavy (non-hydrogen) atoms. The number of rotatable bonds is 9. The first-order chi connectivity index (χ1) is 15.2. The molecule has 0 saturated heterocycles. The van der Waals surface area contributed by atoms with Crippen LogP contribution in [0.2, 0.25) is 0 Å². The molecule has 1 aromatic carbocycles. The summed E-state index contributed by atoms with van der Waals surface area (Å²) >= 11 is 7.67. The summed E-state index contributed by atoms with van der Waals surface area (Å²) in [4.78, 5) is 13.8. The van der Waals surface area contributed by atoms with Crippen LogP contribution < -0.4 is 10.6 Å². The third-order valence-electron chi connectivity index (χ3n) is 5.93. The number of halogens is 3. The normalized spacial score (nSPS) is 17.5. The number of thiophene rings is 1. The van der Waals surface area contributed by atoms with Gasteiger partial charge in [-0.25, -0.2) is 8.78 Å². The van der Waals surface area contributed by atoms with Crippen molar-refractivity contribution in [3.63, 3.8) is 0 Å². The Kier molecular flexibility index (Phi) is 8.44. The van der Waals surface area contributed by atoms with E-state index in [1.54, 1.807) is 11.3 Å². The van der Waals surface area contributed by atoms with Crippen LogP contribution in [0.25, 0.3) is 5.03 Å². The number of hydrogen-bond acceptors (Lipinski definition) is 4. The number of aliphatic hydroxyl groups excluding tert-OH is 1. The minimum atomic E-state index is -0.952. The van der Waals surface area contributed by atoms with Crippen molar-refractivity contribution < 1.29 is 18.7 Å². The molecule has 1 saturated carbocycles. The van der Waals surface area contributed by atoms with E-state index in [0.717, 1.165) is 47.9 Å². The Labute approximate surface area is 196 Å². The van der Waals surface area contributed by atoms with E-state index in [4.69, 9.17) is 11.6 Å². The van der Waals surface area contributed by atoms with Crippen LogP contribution in [0.15, 0.2) is 36.9 Å². The molecule has 0 bridgehead atoms. The van der Waals surface area contributed by atoms with Gasteiger partial charge in [0, 0.05) is 29.3 Å². The lowest BCUT2D eigenvalue weighted by Crippen LogP contribution is -2.52. The largest absolute Gasteiger partial charge is 0.390 e. The summed E-state index contributed by atoms with van der Waals surface area (Å²) in [7, 11) is 0. The van der Waals surface area contributed by atoms with E-state index >= 15 is 0 Å². The zero-order valence-corrected chi connectivity index (χ0v) is 19.7. The molecule has 1 fully saturated rings. The van der Waals surface area contributed by atoms with Crippen molar-refractivity contribution in [3.8, 4) is 0 Å². The quantitative estimate of drug-likeness (QED) is 0.466. The molecule has 174 valence electrons. The first kappa shape index (κ1) is 24.8. The summed E-state index contributed by atoms with van der Waals surface area (Å²) in [6, 6.07) is 6.55. The Hall–Kier alpha value is -1.80. The molecule has 0 spiro atoms. The van der Waals surface area contributed by atoms with Crippen molar-refractivity contribution in [2.75, 3.05) is 6.54 Å². The van der Waals surface area contributed by atoms with Gasteiger partial charge in [0.2, 0.25) is 5.91 Å². The third-order valence-corrected chi connectivity index (χ3v) is 7.60. The SMILES string of the molecule is C=C(Cl)c1ccc(C2(NCC(O)C(Cc3cc(F)cc(F)c3)NC(C)=O)CCCCC2)s1. The van der Waals surface area contributed by atoms with Crippen molar-refractivity contribution in [2.45, 2.75) is 63.1 Å². The number of amides is 1. The van der Waals surface area contributed by atoms with Gasteiger partial charge in [-0.1, -0.05) is 37.4 Å². The van der Waals surface area contributed by atoms with E-state index in [1.807, 2.05) is 6.07 Å². The van der Waals surface area contributed by atoms with Gasteiger partial charge in [-0.15, -0.1) is 11.3 Å². The minimum Gasteiger partial charge on any atom is -0.390 e. The van der Waals surface area contributed by atoms with E-state index in [-0.39, 0.29) is 24.4 Å². The van der Waals surface area contributed by atoms with Crippen molar-refractivity contribution >= 4 is 33.9 Å². The van der Waals surface area contributed by atoms with Crippen LogP contribution in [-0.4, -0.2) is 29.7 Å². The van der Waals surface area contributed by atoms with Crippen LogP contribution in [0.1, 0.15) is 54.3 Å². The zero-order valence-electron chi connectivity index (χ0n) is 18.1. The number of carbonyl (C=O) groups is 1. The van der Waals surface area contributed by atoms with Crippen molar-refractivity contribution in [1.29, 1.82) is 0 Å². The molecule has 1 aliphatic carbocycles. The summed E-state index contributed by atoms with van der Waals surface area (Å²) in [5.74, 6) is -1.70. The number of benzene rings is 1. The lowest BCUT2D eigenvalue weighted by molar-refractivity contribution is -0.120. The number of carbonyl (C=O) groups excluding carboxylic acids is 1. The molecule has 8 heteroatoms. The minimum absolute atomic E-state index is 0.110. The van der Waals surface area contributed by atoms with Crippen molar-refractivity contribution in [1.82, 2.24) is 10.6 Å². The van der Waals surface area contributed by atoms with E-state index in [0.29, 0.717) is 10.6 Å². The Balaban J connectivity index is 1.76. The highest BCUT2D eigenvalue weighted by Gasteiger charge is 2.36. The highest BCUT2D eigenvalue weighted by Crippen LogP contribution is 2.41. The van der Waals surface area contributed by atoms with Crippen molar-refractivity contribution in [3.05, 3.63) is 63.9 Å². The van der Waals surface area contributed by atoms with Crippen LogP contribution in [-0.2, 0) is 16.8 Å². The molecule has 1 heterocycles. The average Bonchev–Trinajstić information content (AvgIpc) is 3.22. The molecule has 2 atom stereocenters. The number of nitrogens with one attached hydrogen (secondary N) is 2. The molecule has 1 amide bonds. The summed E-state index contributed by atoms with van der Waals surface area (Å²) in [5, 5.41) is 17.7. The molecule has 0 radical (unpaired) electrons. The highest BCUT2D eigenvalue weighted by atomic mass is 35.5. The van der Waals surface area contributed by atoms with E-state index in [9.17, 15) is 18.7 Å². The Morgan fingerprint density at radius 1 is 1.22 bits per heavy atom. The fourth-order valence-corrected chi connectivity index (χ4v) is 5.65. The second-order valence-corrected chi connectivity index (χ2v) is 9.99. The summed E-state index contributed by atoms with van der Waals surface area (Å²) < 4.78 is 27.2. The van der Waals surface area contributed by atoms with Gasteiger partial charge in [0.25, 0.3) is 0 Å². The smallest absolute Gasteiger partial charge is 0.217 e. The first-order valence-electron chi connectivity index (χ1n) is 10.8. The molecular weight excluding hydrogens is 454 g/mol. The Morgan fingerprint density at radius 3 is 2.44 bits per heavy atom.